The Morgan fingerprint density at radius 1 is 1.53 bits per heavy atom. The molecule has 0 saturated heterocycles. The summed E-state index contributed by atoms with van der Waals surface area (Å²) in [5, 5.41) is 11.6. The van der Waals surface area contributed by atoms with Crippen molar-refractivity contribution in [3.05, 3.63) is 35.1 Å². The third kappa shape index (κ3) is 3.69. The van der Waals surface area contributed by atoms with E-state index in [1.165, 1.54) is 6.07 Å². The van der Waals surface area contributed by atoms with Crippen molar-refractivity contribution in [1.29, 1.82) is 5.26 Å². The fraction of sp³-hybridized carbons (Fsp3) is 0.417. The van der Waals surface area contributed by atoms with Crippen LogP contribution < -0.4 is 5.32 Å². The van der Waals surface area contributed by atoms with E-state index in [1.54, 1.807) is 6.07 Å². The predicted octanol–water partition coefficient (Wildman–Crippen LogP) is 2.53. The van der Waals surface area contributed by atoms with Gasteiger partial charge in [0, 0.05) is 18.2 Å². The number of nitriles is 1. The van der Waals surface area contributed by atoms with Gasteiger partial charge in [-0.25, -0.2) is 4.39 Å². The van der Waals surface area contributed by atoms with Gasteiger partial charge in [0.2, 0.25) is 0 Å². The molecule has 0 aromatic heterocycles. The van der Waals surface area contributed by atoms with E-state index in [4.69, 9.17) is 5.26 Å². The first kappa shape index (κ1) is 11.7. The minimum atomic E-state index is -0.197. The lowest BCUT2D eigenvalue weighted by Crippen LogP contribution is -2.25. The Bertz CT molecular complexity index is 368. The molecule has 0 aliphatic carbocycles. The van der Waals surface area contributed by atoms with Gasteiger partial charge in [0.25, 0.3) is 0 Å². The molecular formula is C12H15FN2. The lowest BCUT2D eigenvalue weighted by molar-refractivity contribution is 0.533. The Hall–Kier alpha value is -1.40. The molecule has 1 rings (SSSR count). The van der Waals surface area contributed by atoms with Crippen LogP contribution >= 0.6 is 0 Å². The van der Waals surface area contributed by atoms with Gasteiger partial charge in [-0.3, -0.25) is 0 Å². The van der Waals surface area contributed by atoms with E-state index in [-0.39, 0.29) is 11.9 Å². The summed E-state index contributed by atoms with van der Waals surface area (Å²) in [7, 11) is 0. The maximum atomic E-state index is 13.3. The Kier molecular flexibility index (Phi) is 4.26. The Labute approximate surface area is 89.7 Å². The maximum absolute atomic E-state index is 13.3. The Morgan fingerprint density at radius 2 is 2.27 bits per heavy atom. The van der Waals surface area contributed by atoms with E-state index in [9.17, 15) is 4.39 Å². The van der Waals surface area contributed by atoms with Gasteiger partial charge < -0.3 is 5.32 Å². The quantitative estimate of drug-likeness (QED) is 0.821. The summed E-state index contributed by atoms with van der Waals surface area (Å²) in [6.45, 7) is 4.31. The average Bonchev–Trinajstić information content (AvgIpc) is 2.20. The Morgan fingerprint density at radius 3 is 2.93 bits per heavy atom. The zero-order valence-corrected chi connectivity index (χ0v) is 9.05. The van der Waals surface area contributed by atoms with Crippen molar-refractivity contribution in [2.45, 2.75) is 32.9 Å². The average molecular weight is 206 g/mol. The van der Waals surface area contributed by atoms with Crippen LogP contribution in [0.1, 0.15) is 24.5 Å². The molecular weight excluding hydrogens is 191 g/mol. The Balaban J connectivity index is 2.57. The summed E-state index contributed by atoms with van der Waals surface area (Å²) < 4.78 is 13.3. The van der Waals surface area contributed by atoms with Crippen LogP contribution in [0.3, 0.4) is 0 Å². The molecule has 0 heterocycles. The minimum Gasteiger partial charge on any atom is -0.309 e. The highest BCUT2D eigenvalue weighted by Gasteiger charge is 2.04. The molecule has 1 atom stereocenters. The second-order valence-electron chi connectivity index (χ2n) is 3.74. The molecule has 0 radical (unpaired) electrons. The fourth-order valence-electron chi connectivity index (χ4n) is 1.33. The number of nitrogens with zero attached hydrogens (tertiary/aromatic N) is 1. The topological polar surface area (TPSA) is 35.8 Å². The fourth-order valence-corrected chi connectivity index (χ4v) is 1.33. The molecule has 0 bridgehead atoms. The standard InChI is InChI=1S/C12H15FN2/c1-9-3-4-12(13)11(7-9)8-15-10(2)5-6-14/h3-4,7,10,15H,5,8H2,1-2H3. The third-order valence-corrected chi connectivity index (χ3v) is 2.24. The van der Waals surface area contributed by atoms with E-state index in [1.807, 2.05) is 19.9 Å². The van der Waals surface area contributed by atoms with Crippen LogP contribution in [0.25, 0.3) is 0 Å². The zero-order chi connectivity index (χ0) is 11.3. The van der Waals surface area contributed by atoms with Crippen LogP contribution in [0.4, 0.5) is 4.39 Å². The van der Waals surface area contributed by atoms with Crippen molar-refractivity contribution in [1.82, 2.24) is 5.32 Å². The monoisotopic (exact) mass is 206 g/mol. The van der Waals surface area contributed by atoms with Gasteiger partial charge in [-0.1, -0.05) is 17.7 Å². The molecule has 0 spiro atoms. The first-order chi connectivity index (χ1) is 7.13. The van der Waals surface area contributed by atoms with E-state index in [0.29, 0.717) is 18.5 Å². The van der Waals surface area contributed by atoms with Gasteiger partial charge in [0.1, 0.15) is 5.82 Å². The van der Waals surface area contributed by atoms with Gasteiger partial charge in [-0.2, -0.15) is 5.26 Å². The molecule has 1 N–H and O–H groups in total. The van der Waals surface area contributed by atoms with E-state index >= 15 is 0 Å². The molecule has 2 nitrogen and oxygen atoms in total. The number of aryl methyl sites for hydroxylation is 1. The number of nitrogens with one attached hydrogen (secondary N) is 1. The van der Waals surface area contributed by atoms with Gasteiger partial charge in [0.15, 0.2) is 0 Å². The van der Waals surface area contributed by atoms with Crippen molar-refractivity contribution < 1.29 is 4.39 Å². The second kappa shape index (κ2) is 5.47. The number of hydrogen-bond donors (Lipinski definition) is 1. The SMILES string of the molecule is Cc1ccc(F)c(CNC(C)CC#N)c1. The molecule has 80 valence electrons. The number of benzene rings is 1. The van der Waals surface area contributed by atoms with Crippen LogP contribution in [0, 0.1) is 24.1 Å². The van der Waals surface area contributed by atoms with Crippen molar-refractivity contribution in [3.8, 4) is 6.07 Å². The molecule has 1 aromatic rings. The molecule has 0 amide bonds. The van der Waals surface area contributed by atoms with Crippen molar-refractivity contribution in [2.24, 2.45) is 0 Å². The normalized spacial score (nSPS) is 12.1. The summed E-state index contributed by atoms with van der Waals surface area (Å²) in [5.74, 6) is -0.197. The van der Waals surface area contributed by atoms with Crippen LogP contribution in [-0.2, 0) is 6.54 Å². The summed E-state index contributed by atoms with van der Waals surface area (Å²) in [5.41, 5.74) is 1.70. The second-order valence-corrected chi connectivity index (χ2v) is 3.74. The summed E-state index contributed by atoms with van der Waals surface area (Å²) in [6, 6.07) is 7.21. The van der Waals surface area contributed by atoms with Crippen LogP contribution in [0.15, 0.2) is 18.2 Å². The summed E-state index contributed by atoms with van der Waals surface area (Å²) in [6.07, 6.45) is 0.438. The molecule has 15 heavy (non-hydrogen) atoms. The number of halogens is 1. The smallest absolute Gasteiger partial charge is 0.127 e. The predicted molar refractivity (Wildman–Crippen MR) is 57.7 cm³/mol. The molecule has 0 aliphatic rings. The number of hydrogen-bond acceptors (Lipinski definition) is 2. The first-order valence-corrected chi connectivity index (χ1v) is 4.99. The highest BCUT2D eigenvalue weighted by atomic mass is 19.1. The molecule has 0 saturated carbocycles. The van der Waals surface area contributed by atoms with Gasteiger partial charge >= 0.3 is 0 Å². The van der Waals surface area contributed by atoms with Gasteiger partial charge in [0.05, 0.1) is 12.5 Å². The minimum absolute atomic E-state index is 0.0925. The van der Waals surface area contributed by atoms with Crippen LogP contribution in [0.5, 0.6) is 0 Å². The van der Waals surface area contributed by atoms with Crippen LogP contribution in [0.2, 0.25) is 0 Å². The van der Waals surface area contributed by atoms with Crippen molar-refractivity contribution in [3.63, 3.8) is 0 Å². The van der Waals surface area contributed by atoms with E-state index in [0.717, 1.165) is 5.56 Å². The lowest BCUT2D eigenvalue weighted by atomic mass is 10.1. The third-order valence-electron chi connectivity index (χ3n) is 2.24. The van der Waals surface area contributed by atoms with E-state index < -0.39 is 0 Å². The van der Waals surface area contributed by atoms with Crippen molar-refractivity contribution in [2.75, 3.05) is 0 Å². The van der Waals surface area contributed by atoms with E-state index in [2.05, 4.69) is 11.4 Å². The molecule has 1 unspecified atom stereocenters. The van der Waals surface area contributed by atoms with Crippen molar-refractivity contribution >= 4 is 0 Å². The summed E-state index contributed by atoms with van der Waals surface area (Å²) in [4.78, 5) is 0. The lowest BCUT2D eigenvalue weighted by Gasteiger charge is -2.11. The highest BCUT2D eigenvalue weighted by Crippen LogP contribution is 2.09. The van der Waals surface area contributed by atoms with Gasteiger partial charge in [-0.05, 0) is 19.9 Å². The van der Waals surface area contributed by atoms with Crippen LogP contribution in [-0.4, -0.2) is 6.04 Å². The molecule has 0 fully saturated rings. The highest BCUT2D eigenvalue weighted by molar-refractivity contribution is 5.23. The van der Waals surface area contributed by atoms with Gasteiger partial charge in [-0.15, -0.1) is 0 Å². The molecule has 3 heteroatoms. The molecule has 1 aromatic carbocycles. The number of rotatable bonds is 4. The maximum Gasteiger partial charge on any atom is 0.127 e. The summed E-state index contributed by atoms with van der Waals surface area (Å²) >= 11 is 0. The zero-order valence-electron chi connectivity index (χ0n) is 9.05. The molecule has 0 aliphatic heterocycles. The largest absolute Gasteiger partial charge is 0.309 e. The first-order valence-electron chi connectivity index (χ1n) is 4.99.